The highest BCUT2D eigenvalue weighted by atomic mass is 35.5. The van der Waals surface area contributed by atoms with Gasteiger partial charge in [0.2, 0.25) is 0 Å². The molecule has 110 valence electrons. The molecule has 0 amide bonds. The molecule has 0 heterocycles. The van der Waals surface area contributed by atoms with Crippen molar-refractivity contribution in [3.63, 3.8) is 0 Å². The summed E-state index contributed by atoms with van der Waals surface area (Å²) >= 11 is 5.65. The standard InChI is InChI=1S/C15H13ClFNO3/c1-20-11-4-5-14(18)12(7-11)15(19)21-8-9-2-3-10(16)6-13(9)17/h2-7H,8,18H2,1H3. The van der Waals surface area contributed by atoms with Gasteiger partial charge >= 0.3 is 5.97 Å². The number of nitrogen functional groups attached to an aromatic ring is 1. The van der Waals surface area contributed by atoms with Gasteiger partial charge in [-0.05, 0) is 30.3 Å². The summed E-state index contributed by atoms with van der Waals surface area (Å²) in [6.07, 6.45) is 0. The van der Waals surface area contributed by atoms with Gasteiger partial charge < -0.3 is 15.2 Å². The molecular formula is C15H13ClFNO3. The number of anilines is 1. The van der Waals surface area contributed by atoms with Crippen molar-refractivity contribution in [1.82, 2.24) is 0 Å². The molecule has 0 aromatic heterocycles. The zero-order valence-electron chi connectivity index (χ0n) is 11.2. The average molecular weight is 310 g/mol. The van der Waals surface area contributed by atoms with Gasteiger partial charge in [-0.25, -0.2) is 9.18 Å². The Balaban J connectivity index is 2.11. The minimum atomic E-state index is -0.652. The summed E-state index contributed by atoms with van der Waals surface area (Å²) in [5, 5.41) is 0.277. The van der Waals surface area contributed by atoms with Crippen LogP contribution in [0.5, 0.6) is 5.75 Å². The first-order valence-corrected chi connectivity index (χ1v) is 6.43. The van der Waals surface area contributed by atoms with Crippen LogP contribution < -0.4 is 10.5 Å². The van der Waals surface area contributed by atoms with Crippen LogP contribution in [0, 0.1) is 5.82 Å². The largest absolute Gasteiger partial charge is 0.497 e. The fourth-order valence-corrected chi connectivity index (χ4v) is 1.86. The monoisotopic (exact) mass is 309 g/mol. The summed E-state index contributed by atoms with van der Waals surface area (Å²) in [5.41, 5.74) is 6.38. The van der Waals surface area contributed by atoms with Crippen molar-refractivity contribution in [1.29, 1.82) is 0 Å². The minimum absolute atomic E-state index is 0.170. The zero-order valence-corrected chi connectivity index (χ0v) is 12.0. The molecule has 0 spiro atoms. The first kappa shape index (κ1) is 15.1. The number of hydrogen-bond acceptors (Lipinski definition) is 4. The zero-order chi connectivity index (χ0) is 15.4. The van der Waals surface area contributed by atoms with Gasteiger partial charge in [-0.3, -0.25) is 0 Å². The van der Waals surface area contributed by atoms with Gasteiger partial charge in [-0.1, -0.05) is 17.7 Å². The Hall–Kier alpha value is -2.27. The highest BCUT2D eigenvalue weighted by molar-refractivity contribution is 6.30. The average Bonchev–Trinajstić information content (AvgIpc) is 2.46. The maximum absolute atomic E-state index is 13.6. The number of hydrogen-bond donors (Lipinski definition) is 1. The van der Waals surface area contributed by atoms with Crippen molar-refractivity contribution < 1.29 is 18.7 Å². The lowest BCUT2D eigenvalue weighted by atomic mass is 10.1. The summed E-state index contributed by atoms with van der Waals surface area (Å²) in [6, 6.07) is 8.78. The Bertz CT molecular complexity index is 676. The second-order valence-corrected chi connectivity index (χ2v) is 4.70. The van der Waals surface area contributed by atoms with E-state index in [1.807, 2.05) is 0 Å². The molecule has 4 nitrogen and oxygen atoms in total. The van der Waals surface area contributed by atoms with Gasteiger partial charge in [-0.15, -0.1) is 0 Å². The quantitative estimate of drug-likeness (QED) is 0.694. The molecule has 0 radical (unpaired) electrons. The lowest BCUT2D eigenvalue weighted by molar-refractivity contribution is 0.0470. The molecule has 0 saturated heterocycles. The van der Waals surface area contributed by atoms with E-state index in [0.717, 1.165) is 6.07 Å². The van der Waals surface area contributed by atoms with Crippen LogP contribution in [0.1, 0.15) is 15.9 Å². The maximum atomic E-state index is 13.6. The van der Waals surface area contributed by atoms with Crippen LogP contribution in [0.3, 0.4) is 0 Å². The van der Waals surface area contributed by atoms with Crippen molar-refractivity contribution in [3.8, 4) is 5.75 Å². The van der Waals surface area contributed by atoms with E-state index in [1.165, 1.54) is 31.4 Å². The van der Waals surface area contributed by atoms with Gasteiger partial charge in [0.25, 0.3) is 0 Å². The Labute approximate surface area is 126 Å². The minimum Gasteiger partial charge on any atom is -0.497 e. The molecule has 2 aromatic carbocycles. The second kappa shape index (κ2) is 6.45. The molecule has 0 bridgehead atoms. The number of carbonyl (C=O) groups is 1. The number of esters is 1. The summed E-state index contributed by atoms with van der Waals surface area (Å²) in [7, 11) is 1.48. The summed E-state index contributed by atoms with van der Waals surface area (Å²) in [6.45, 7) is -0.210. The number of rotatable bonds is 4. The van der Waals surface area contributed by atoms with Gasteiger partial charge in [0, 0.05) is 16.3 Å². The van der Waals surface area contributed by atoms with Crippen LogP contribution >= 0.6 is 11.6 Å². The molecule has 0 atom stereocenters. The van der Waals surface area contributed by atoms with Crippen LogP contribution in [0.25, 0.3) is 0 Å². The maximum Gasteiger partial charge on any atom is 0.340 e. The molecule has 6 heteroatoms. The topological polar surface area (TPSA) is 61.5 Å². The van der Waals surface area contributed by atoms with E-state index < -0.39 is 11.8 Å². The Morgan fingerprint density at radius 3 is 2.71 bits per heavy atom. The summed E-state index contributed by atoms with van der Waals surface area (Å²) in [4.78, 5) is 12.0. The SMILES string of the molecule is COc1ccc(N)c(C(=O)OCc2ccc(Cl)cc2F)c1. The predicted molar refractivity (Wildman–Crippen MR) is 77.9 cm³/mol. The van der Waals surface area contributed by atoms with E-state index in [0.29, 0.717) is 5.75 Å². The fourth-order valence-electron chi connectivity index (χ4n) is 1.70. The number of carbonyl (C=O) groups excluding carboxylic acids is 1. The molecule has 2 aromatic rings. The number of halogens is 2. The van der Waals surface area contributed by atoms with Gasteiger partial charge in [-0.2, -0.15) is 0 Å². The lowest BCUT2D eigenvalue weighted by Gasteiger charge is -2.09. The van der Waals surface area contributed by atoms with Gasteiger partial charge in [0.05, 0.1) is 12.7 Å². The molecular weight excluding hydrogens is 297 g/mol. The normalized spacial score (nSPS) is 10.2. The van der Waals surface area contributed by atoms with Crippen molar-refractivity contribution in [2.75, 3.05) is 12.8 Å². The van der Waals surface area contributed by atoms with E-state index in [1.54, 1.807) is 6.07 Å². The molecule has 0 aliphatic carbocycles. The van der Waals surface area contributed by atoms with Crippen molar-refractivity contribution in [2.45, 2.75) is 6.61 Å². The molecule has 0 fully saturated rings. The number of methoxy groups -OCH3 is 1. The fraction of sp³-hybridized carbons (Fsp3) is 0.133. The van der Waals surface area contributed by atoms with Crippen molar-refractivity contribution in [2.24, 2.45) is 0 Å². The van der Waals surface area contributed by atoms with Crippen molar-refractivity contribution >= 4 is 23.3 Å². The first-order chi connectivity index (χ1) is 10.0. The van der Waals surface area contributed by atoms with Crippen LogP contribution in [0.2, 0.25) is 5.02 Å². The highest BCUT2D eigenvalue weighted by Gasteiger charge is 2.14. The molecule has 2 rings (SSSR count). The number of ether oxygens (including phenoxy) is 2. The van der Waals surface area contributed by atoms with Gasteiger partial charge in [0.1, 0.15) is 18.2 Å². The van der Waals surface area contributed by atoms with E-state index in [4.69, 9.17) is 26.8 Å². The predicted octanol–water partition coefficient (Wildman–Crippen LogP) is 3.43. The summed E-state index contributed by atoms with van der Waals surface area (Å²) < 4.78 is 23.7. The molecule has 0 saturated carbocycles. The Morgan fingerprint density at radius 2 is 2.05 bits per heavy atom. The molecule has 21 heavy (non-hydrogen) atoms. The highest BCUT2D eigenvalue weighted by Crippen LogP contribution is 2.21. The molecule has 0 aliphatic rings. The van der Waals surface area contributed by atoms with Crippen LogP contribution in [0.4, 0.5) is 10.1 Å². The molecule has 0 aliphatic heterocycles. The molecule has 2 N–H and O–H groups in total. The van der Waals surface area contributed by atoms with Crippen molar-refractivity contribution in [3.05, 3.63) is 58.4 Å². The lowest BCUT2D eigenvalue weighted by Crippen LogP contribution is -2.09. The van der Waals surface area contributed by atoms with E-state index in [2.05, 4.69) is 0 Å². The van der Waals surface area contributed by atoms with Crippen LogP contribution in [0.15, 0.2) is 36.4 Å². The van der Waals surface area contributed by atoms with E-state index in [9.17, 15) is 9.18 Å². The Kier molecular flexibility index (Phi) is 4.65. The number of benzene rings is 2. The third-order valence-corrected chi connectivity index (χ3v) is 3.09. The van der Waals surface area contributed by atoms with Gasteiger partial charge in [0.15, 0.2) is 0 Å². The third kappa shape index (κ3) is 3.64. The number of nitrogens with two attached hydrogens (primary N) is 1. The van der Waals surface area contributed by atoms with Crippen LogP contribution in [-0.4, -0.2) is 13.1 Å². The first-order valence-electron chi connectivity index (χ1n) is 6.06. The third-order valence-electron chi connectivity index (χ3n) is 2.85. The van der Waals surface area contributed by atoms with Crippen LogP contribution in [-0.2, 0) is 11.3 Å². The Morgan fingerprint density at radius 1 is 1.29 bits per heavy atom. The summed E-state index contributed by atoms with van der Waals surface area (Å²) in [5.74, 6) is -0.705. The molecule has 0 unspecified atom stereocenters. The second-order valence-electron chi connectivity index (χ2n) is 4.27. The smallest absolute Gasteiger partial charge is 0.340 e. The van der Waals surface area contributed by atoms with E-state index in [-0.39, 0.29) is 28.4 Å². The van der Waals surface area contributed by atoms with E-state index >= 15 is 0 Å².